The number of hydrogen-bond acceptors (Lipinski definition) is 4. The van der Waals surface area contributed by atoms with Gasteiger partial charge >= 0.3 is 0 Å². The normalized spacial score (nSPS) is 15.3. The zero-order valence-corrected chi connectivity index (χ0v) is 9.56. The molecule has 0 bridgehead atoms. The maximum atomic E-state index is 11.3. The van der Waals surface area contributed by atoms with E-state index < -0.39 is 0 Å². The maximum Gasteiger partial charge on any atom is 0.234 e. The molecule has 0 unspecified atom stereocenters. The van der Waals surface area contributed by atoms with Crippen LogP contribution in [0.5, 0.6) is 0 Å². The number of nitrogens with one attached hydrogen (secondary N) is 2. The molecular formula is C10H15N3OS. The summed E-state index contributed by atoms with van der Waals surface area (Å²) in [5, 5.41) is 6.05. The van der Waals surface area contributed by atoms with E-state index in [1.807, 2.05) is 12.4 Å². The largest absolute Gasteiger partial charge is 0.352 e. The number of thiazole rings is 1. The Morgan fingerprint density at radius 3 is 3.07 bits per heavy atom. The van der Waals surface area contributed by atoms with Crippen molar-refractivity contribution in [2.24, 2.45) is 0 Å². The van der Waals surface area contributed by atoms with Crippen LogP contribution in [0, 0.1) is 6.92 Å². The third-order valence-electron chi connectivity index (χ3n) is 2.36. The van der Waals surface area contributed by atoms with Gasteiger partial charge in [0.05, 0.1) is 17.7 Å². The molecule has 0 aliphatic heterocycles. The summed E-state index contributed by atoms with van der Waals surface area (Å²) in [7, 11) is 0. The molecule has 1 aromatic rings. The van der Waals surface area contributed by atoms with Crippen LogP contribution in [0.3, 0.4) is 0 Å². The number of aromatic nitrogens is 1. The summed E-state index contributed by atoms with van der Waals surface area (Å²) in [6.45, 7) is 3.11. The smallest absolute Gasteiger partial charge is 0.234 e. The van der Waals surface area contributed by atoms with Crippen LogP contribution in [0.15, 0.2) is 5.51 Å². The Bertz CT molecular complexity index is 346. The third-order valence-corrected chi connectivity index (χ3v) is 3.29. The van der Waals surface area contributed by atoms with E-state index in [0.29, 0.717) is 12.6 Å². The minimum atomic E-state index is 0.0969. The summed E-state index contributed by atoms with van der Waals surface area (Å²) in [5.41, 5.74) is 2.88. The van der Waals surface area contributed by atoms with Crippen LogP contribution in [0.4, 0.5) is 0 Å². The van der Waals surface area contributed by atoms with Crippen LogP contribution in [0.2, 0.25) is 0 Å². The first-order valence-electron chi connectivity index (χ1n) is 5.15. The van der Waals surface area contributed by atoms with Gasteiger partial charge in [0, 0.05) is 17.5 Å². The average Bonchev–Trinajstić information content (AvgIpc) is 2.91. The highest BCUT2D eigenvalue weighted by Gasteiger charge is 2.22. The predicted molar refractivity (Wildman–Crippen MR) is 59.7 cm³/mol. The van der Waals surface area contributed by atoms with Crippen molar-refractivity contribution in [1.29, 1.82) is 0 Å². The molecule has 1 saturated carbocycles. The third kappa shape index (κ3) is 3.28. The summed E-state index contributed by atoms with van der Waals surface area (Å²) >= 11 is 1.62. The fourth-order valence-corrected chi connectivity index (χ4v) is 2.04. The van der Waals surface area contributed by atoms with Gasteiger partial charge in [0.25, 0.3) is 0 Å². The van der Waals surface area contributed by atoms with Crippen molar-refractivity contribution in [3.05, 3.63) is 16.1 Å². The highest BCUT2D eigenvalue weighted by atomic mass is 32.1. The molecule has 2 N–H and O–H groups in total. The second-order valence-electron chi connectivity index (χ2n) is 3.81. The van der Waals surface area contributed by atoms with Crippen LogP contribution in [-0.4, -0.2) is 23.5 Å². The number of nitrogens with zero attached hydrogens (tertiary/aromatic N) is 1. The van der Waals surface area contributed by atoms with Gasteiger partial charge in [0.15, 0.2) is 0 Å². The van der Waals surface area contributed by atoms with Crippen LogP contribution < -0.4 is 10.6 Å². The number of aryl methyl sites for hydroxylation is 1. The van der Waals surface area contributed by atoms with Crippen LogP contribution in [0.25, 0.3) is 0 Å². The summed E-state index contributed by atoms with van der Waals surface area (Å²) in [6.07, 6.45) is 2.28. The first kappa shape index (κ1) is 10.6. The first-order valence-corrected chi connectivity index (χ1v) is 6.02. The number of carbonyl (C=O) groups is 1. The molecule has 5 heteroatoms. The van der Waals surface area contributed by atoms with E-state index in [1.54, 1.807) is 11.3 Å². The van der Waals surface area contributed by atoms with Gasteiger partial charge in [-0.3, -0.25) is 4.79 Å². The van der Waals surface area contributed by atoms with Crippen molar-refractivity contribution in [3.8, 4) is 0 Å². The minimum Gasteiger partial charge on any atom is -0.352 e. The molecule has 1 aliphatic carbocycles. The molecule has 0 atom stereocenters. The van der Waals surface area contributed by atoms with Crippen molar-refractivity contribution in [2.45, 2.75) is 32.4 Å². The highest BCUT2D eigenvalue weighted by molar-refractivity contribution is 7.09. The molecular weight excluding hydrogens is 210 g/mol. The summed E-state index contributed by atoms with van der Waals surface area (Å²) in [6, 6.07) is 0.449. The molecule has 2 rings (SSSR count). The van der Waals surface area contributed by atoms with Gasteiger partial charge in [-0.2, -0.15) is 0 Å². The monoisotopic (exact) mass is 225 g/mol. The molecule has 1 amide bonds. The second kappa shape index (κ2) is 4.72. The molecule has 4 nitrogen and oxygen atoms in total. The first-order chi connectivity index (χ1) is 7.25. The lowest BCUT2D eigenvalue weighted by atomic mass is 10.4. The Labute approximate surface area is 93.1 Å². The Kier molecular flexibility index (Phi) is 3.33. The van der Waals surface area contributed by atoms with E-state index in [2.05, 4.69) is 15.6 Å². The van der Waals surface area contributed by atoms with Gasteiger partial charge in [0.1, 0.15) is 0 Å². The topological polar surface area (TPSA) is 54.0 Å². The summed E-state index contributed by atoms with van der Waals surface area (Å²) in [4.78, 5) is 16.7. The average molecular weight is 225 g/mol. The van der Waals surface area contributed by atoms with Crippen molar-refractivity contribution >= 4 is 17.2 Å². The van der Waals surface area contributed by atoms with E-state index in [4.69, 9.17) is 0 Å². The predicted octanol–water partition coefficient (Wildman–Crippen LogP) is 0.820. The SMILES string of the molecule is Cc1ncsc1CNCC(=O)NC1CC1. The van der Waals surface area contributed by atoms with Crippen LogP contribution in [0.1, 0.15) is 23.4 Å². The van der Waals surface area contributed by atoms with E-state index >= 15 is 0 Å². The fourth-order valence-electron chi connectivity index (χ4n) is 1.29. The number of carbonyl (C=O) groups excluding carboxylic acids is 1. The summed E-state index contributed by atoms with van der Waals surface area (Å²) in [5.74, 6) is 0.0969. The Morgan fingerprint density at radius 2 is 2.47 bits per heavy atom. The van der Waals surface area contributed by atoms with Crippen molar-refractivity contribution in [3.63, 3.8) is 0 Å². The Hall–Kier alpha value is -0.940. The Morgan fingerprint density at radius 1 is 1.67 bits per heavy atom. The van der Waals surface area contributed by atoms with Crippen LogP contribution >= 0.6 is 11.3 Å². The van der Waals surface area contributed by atoms with Crippen molar-refractivity contribution in [1.82, 2.24) is 15.6 Å². The summed E-state index contributed by atoms with van der Waals surface area (Å²) < 4.78 is 0. The molecule has 0 spiro atoms. The molecule has 1 heterocycles. The molecule has 0 radical (unpaired) electrons. The maximum absolute atomic E-state index is 11.3. The zero-order valence-electron chi connectivity index (χ0n) is 8.75. The molecule has 0 aromatic carbocycles. The zero-order chi connectivity index (χ0) is 10.7. The molecule has 1 aromatic heterocycles. The van der Waals surface area contributed by atoms with E-state index in [9.17, 15) is 4.79 Å². The van der Waals surface area contributed by atoms with E-state index in [1.165, 1.54) is 4.88 Å². The second-order valence-corrected chi connectivity index (χ2v) is 4.75. The lowest BCUT2D eigenvalue weighted by Gasteiger charge is -2.04. The van der Waals surface area contributed by atoms with E-state index in [0.717, 1.165) is 25.1 Å². The molecule has 82 valence electrons. The lowest BCUT2D eigenvalue weighted by molar-refractivity contribution is -0.120. The van der Waals surface area contributed by atoms with Gasteiger partial charge in [-0.1, -0.05) is 0 Å². The number of amides is 1. The minimum absolute atomic E-state index is 0.0969. The molecule has 0 saturated heterocycles. The van der Waals surface area contributed by atoms with Gasteiger partial charge in [0.2, 0.25) is 5.91 Å². The van der Waals surface area contributed by atoms with Gasteiger partial charge in [-0.05, 0) is 19.8 Å². The molecule has 1 aliphatic rings. The number of hydrogen-bond donors (Lipinski definition) is 2. The molecule has 15 heavy (non-hydrogen) atoms. The highest BCUT2D eigenvalue weighted by Crippen LogP contribution is 2.18. The van der Waals surface area contributed by atoms with Gasteiger partial charge < -0.3 is 10.6 Å². The standard InChI is InChI=1S/C10H15N3OS/c1-7-9(15-6-12-7)4-11-5-10(14)13-8-2-3-8/h6,8,11H,2-5H2,1H3,(H,13,14). The van der Waals surface area contributed by atoms with Gasteiger partial charge in [-0.15, -0.1) is 11.3 Å². The Balaban J connectivity index is 1.65. The van der Waals surface area contributed by atoms with Gasteiger partial charge in [-0.25, -0.2) is 4.98 Å². The van der Waals surface area contributed by atoms with Crippen molar-refractivity contribution in [2.75, 3.05) is 6.54 Å². The molecule has 1 fully saturated rings. The lowest BCUT2D eigenvalue weighted by Crippen LogP contribution is -2.34. The van der Waals surface area contributed by atoms with E-state index in [-0.39, 0.29) is 5.91 Å². The number of rotatable bonds is 5. The quantitative estimate of drug-likeness (QED) is 0.780. The van der Waals surface area contributed by atoms with Crippen molar-refractivity contribution < 1.29 is 4.79 Å². The fraction of sp³-hybridized carbons (Fsp3) is 0.600. The van der Waals surface area contributed by atoms with Crippen LogP contribution in [-0.2, 0) is 11.3 Å².